The number of carbonyl (C=O) groups is 2. The first-order valence-electron chi connectivity index (χ1n) is 5.18. The summed E-state index contributed by atoms with van der Waals surface area (Å²) in [6.07, 6.45) is 1.75. The van der Waals surface area contributed by atoms with Crippen LogP contribution in [-0.4, -0.2) is 28.1 Å². The van der Waals surface area contributed by atoms with Gasteiger partial charge in [-0.3, -0.25) is 14.7 Å². The molecule has 0 aliphatic heterocycles. The van der Waals surface area contributed by atoms with Crippen molar-refractivity contribution in [3.05, 3.63) is 17.5 Å². The minimum Gasteiger partial charge on any atom is -0.364 e. The lowest BCUT2D eigenvalue weighted by atomic mass is 9.78. The predicted octanol–water partition coefficient (Wildman–Crippen LogP) is -0.109. The molecular weight excluding hydrogens is 208 g/mol. The molecule has 0 unspecified atom stereocenters. The summed E-state index contributed by atoms with van der Waals surface area (Å²) < 4.78 is 0. The van der Waals surface area contributed by atoms with Crippen LogP contribution in [0.25, 0.3) is 0 Å². The second kappa shape index (κ2) is 3.96. The number of amides is 2. The molecule has 1 saturated carbocycles. The standard InChI is InChI=1S/C10H14N4O2/c1-5(15)12-7-2-6(3-7)8-4-9(10(11)16)14-13-8/h4,6-7H,2-3H2,1H3,(H2,11,16)(H,12,15)(H,13,14). The fraction of sp³-hybridized carbons (Fsp3) is 0.500. The summed E-state index contributed by atoms with van der Waals surface area (Å²) in [5.74, 6) is -0.205. The number of hydrogen-bond acceptors (Lipinski definition) is 3. The van der Waals surface area contributed by atoms with Crippen molar-refractivity contribution in [2.45, 2.75) is 31.7 Å². The third-order valence-corrected chi connectivity index (χ3v) is 2.84. The largest absolute Gasteiger partial charge is 0.364 e. The number of nitrogens with two attached hydrogens (primary N) is 1. The summed E-state index contributed by atoms with van der Waals surface area (Å²) in [7, 11) is 0. The molecule has 0 aromatic carbocycles. The molecule has 6 nitrogen and oxygen atoms in total. The first-order valence-corrected chi connectivity index (χ1v) is 5.18. The van der Waals surface area contributed by atoms with Gasteiger partial charge in [0.05, 0.1) is 0 Å². The van der Waals surface area contributed by atoms with E-state index in [0.717, 1.165) is 18.5 Å². The van der Waals surface area contributed by atoms with Gasteiger partial charge in [-0.15, -0.1) is 0 Å². The van der Waals surface area contributed by atoms with Crippen molar-refractivity contribution in [1.29, 1.82) is 0 Å². The number of aromatic amines is 1. The molecular formula is C10H14N4O2. The molecule has 86 valence electrons. The van der Waals surface area contributed by atoms with E-state index in [9.17, 15) is 9.59 Å². The smallest absolute Gasteiger partial charge is 0.269 e. The Labute approximate surface area is 92.6 Å². The molecule has 0 saturated heterocycles. The van der Waals surface area contributed by atoms with Crippen LogP contribution in [0.5, 0.6) is 0 Å². The summed E-state index contributed by atoms with van der Waals surface area (Å²) in [6, 6.07) is 1.92. The molecule has 0 radical (unpaired) electrons. The number of H-pyrrole nitrogens is 1. The second-order valence-corrected chi connectivity index (χ2v) is 4.14. The zero-order chi connectivity index (χ0) is 11.7. The summed E-state index contributed by atoms with van der Waals surface area (Å²) in [4.78, 5) is 21.6. The maximum atomic E-state index is 10.8. The Hall–Kier alpha value is -1.85. The highest BCUT2D eigenvalue weighted by Crippen LogP contribution is 2.35. The van der Waals surface area contributed by atoms with Crippen molar-refractivity contribution >= 4 is 11.8 Å². The predicted molar refractivity (Wildman–Crippen MR) is 56.7 cm³/mol. The van der Waals surface area contributed by atoms with Gasteiger partial charge in [-0.1, -0.05) is 0 Å². The molecule has 1 aromatic heterocycles. The maximum Gasteiger partial charge on any atom is 0.269 e. The van der Waals surface area contributed by atoms with Crippen molar-refractivity contribution in [2.24, 2.45) is 5.73 Å². The van der Waals surface area contributed by atoms with Gasteiger partial charge in [0.2, 0.25) is 5.91 Å². The van der Waals surface area contributed by atoms with Gasteiger partial charge in [0, 0.05) is 24.6 Å². The van der Waals surface area contributed by atoms with Crippen molar-refractivity contribution in [3.63, 3.8) is 0 Å². The van der Waals surface area contributed by atoms with Gasteiger partial charge in [-0.2, -0.15) is 5.10 Å². The lowest BCUT2D eigenvalue weighted by Crippen LogP contribution is -2.42. The van der Waals surface area contributed by atoms with Gasteiger partial charge in [0.15, 0.2) is 0 Å². The minimum atomic E-state index is -0.528. The number of nitrogens with zero attached hydrogens (tertiary/aromatic N) is 1. The second-order valence-electron chi connectivity index (χ2n) is 4.14. The van der Waals surface area contributed by atoms with E-state index in [0.29, 0.717) is 5.92 Å². The van der Waals surface area contributed by atoms with Crippen LogP contribution in [0.1, 0.15) is 41.9 Å². The average molecular weight is 222 g/mol. The molecule has 0 spiro atoms. The Balaban J connectivity index is 1.91. The lowest BCUT2D eigenvalue weighted by molar-refractivity contribution is -0.120. The molecule has 1 aromatic rings. The Morgan fingerprint density at radius 2 is 2.25 bits per heavy atom. The fourth-order valence-corrected chi connectivity index (χ4v) is 1.95. The first kappa shape index (κ1) is 10.7. The van der Waals surface area contributed by atoms with Gasteiger partial charge in [-0.25, -0.2) is 0 Å². The van der Waals surface area contributed by atoms with E-state index in [1.54, 1.807) is 6.07 Å². The monoisotopic (exact) mass is 222 g/mol. The van der Waals surface area contributed by atoms with Crippen molar-refractivity contribution in [1.82, 2.24) is 15.5 Å². The van der Waals surface area contributed by atoms with Crippen LogP contribution in [0.3, 0.4) is 0 Å². The molecule has 6 heteroatoms. The molecule has 0 bridgehead atoms. The molecule has 4 N–H and O–H groups in total. The lowest BCUT2D eigenvalue weighted by Gasteiger charge is -2.34. The zero-order valence-electron chi connectivity index (χ0n) is 8.99. The number of hydrogen-bond donors (Lipinski definition) is 3. The number of nitrogens with one attached hydrogen (secondary N) is 2. The number of aromatic nitrogens is 2. The van der Waals surface area contributed by atoms with E-state index in [1.165, 1.54) is 6.92 Å². The summed E-state index contributed by atoms with van der Waals surface area (Å²) in [5, 5.41) is 9.46. The van der Waals surface area contributed by atoms with E-state index < -0.39 is 5.91 Å². The molecule has 0 atom stereocenters. The summed E-state index contributed by atoms with van der Waals surface area (Å²) in [6.45, 7) is 1.51. The van der Waals surface area contributed by atoms with Gasteiger partial charge in [0.25, 0.3) is 5.91 Å². The number of carbonyl (C=O) groups excluding carboxylic acids is 2. The Morgan fingerprint density at radius 1 is 1.56 bits per heavy atom. The quantitative estimate of drug-likeness (QED) is 0.665. The molecule has 1 aliphatic carbocycles. The Morgan fingerprint density at radius 3 is 2.75 bits per heavy atom. The topological polar surface area (TPSA) is 101 Å². The third kappa shape index (κ3) is 2.05. The fourth-order valence-electron chi connectivity index (χ4n) is 1.95. The van der Waals surface area contributed by atoms with Crippen LogP contribution in [0, 0.1) is 0 Å². The number of rotatable bonds is 3. The molecule has 2 rings (SSSR count). The molecule has 1 heterocycles. The van der Waals surface area contributed by atoms with Crippen LogP contribution < -0.4 is 11.1 Å². The SMILES string of the molecule is CC(=O)NC1CC(c2cc(C(N)=O)n[nH]2)C1. The van der Waals surface area contributed by atoms with E-state index in [-0.39, 0.29) is 17.6 Å². The highest BCUT2D eigenvalue weighted by Gasteiger charge is 2.32. The van der Waals surface area contributed by atoms with Crippen LogP contribution in [0.15, 0.2) is 6.07 Å². The highest BCUT2D eigenvalue weighted by atomic mass is 16.1. The summed E-state index contributed by atoms with van der Waals surface area (Å²) in [5.41, 5.74) is 6.28. The van der Waals surface area contributed by atoms with Crippen LogP contribution in [0.4, 0.5) is 0 Å². The average Bonchev–Trinajstić information content (AvgIpc) is 2.58. The summed E-state index contributed by atoms with van der Waals surface area (Å²) >= 11 is 0. The first-order chi connectivity index (χ1) is 7.56. The van der Waals surface area contributed by atoms with Gasteiger partial charge in [-0.05, 0) is 18.9 Å². The van der Waals surface area contributed by atoms with Crippen LogP contribution >= 0.6 is 0 Å². The van der Waals surface area contributed by atoms with E-state index in [1.807, 2.05) is 0 Å². The van der Waals surface area contributed by atoms with Crippen LogP contribution in [-0.2, 0) is 4.79 Å². The van der Waals surface area contributed by atoms with Crippen LogP contribution in [0.2, 0.25) is 0 Å². The van der Waals surface area contributed by atoms with Gasteiger partial charge >= 0.3 is 0 Å². The molecule has 1 aliphatic rings. The maximum absolute atomic E-state index is 10.8. The van der Waals surface area contributed by atoms with E-state index in [2.05, 4.69) is 15.5 Å². The molecule has 16 heavy (non-hydrogen) atoms. The Bertz CT molecular complexity index is 420. The van der Waals surface area contributed by atoms with Crippen molar-refractivity contribution < 1.29 is 9.59 Å². The van der Waals surface area contributed by atoms with Gasteiger partial charge < -0.3 is 11.1 Å². The van der Waals surface area contributed by atoms with E-state index in [4.69, 9.17) is 5.73 Å². The zero-order valence-corrected chi connectivity index (χ0v) is 8.99. The van der Waals surface area contributed by atoms with Crippen molar-refractivity contribution in [2.75, 3.05) is 0 Å². The Kier molecular flexibility index (Phi) is 2.64. The van der Waals surface area contributed by atoms with Crippen molar-refractivity contribution in [3.8, 4) is 0 Å². The van der Waals surface area contributed by atoms with E-state index >= 15 is 0 Å². The molecule has 2 amide bonds. The minimum absolute atomic E-state index is 0.00844. The normalized spacial score (nSPS) is 23.6. The number of primary amides is 1. The highest BCUT2D eigenvalue weighted by molar-refractivity contribution is 5.90. The van der Waals surface area contributed by atoms with Gasteiger partial charge in [0.1, 0.15) is 5.69 Å². The molecule has 1 fully saturated rings. The third-order valence-electron chi connectivity index (χ3n) is 2.84.